The van der Waals surface area contributed by atoms with E-state index in [2.05, 4.69) is 4.52 Å². The van der Waals surface area contributed by atoms with Crippen LogP contribution in [0.1, 0.15) is 6.42 Å². The first-order valence-electron chi connectivity index (χ1n) is 4.32. The van der Waals surface area contributed by atoms with Crippen molar-refractivity contribution in [2.24, 2.45) is 5.73 Å². The van der Waals surface area contributed by atoms with Crippen molar-refractivity contribution < 1.29 is 33.9 Å². The molecule has 3 atom stereocenters. The fourth-order valence-corrected chi connectivity index (χ4v) is 1.90. The average molecular weight is 253 g/mol. The second-order valence-electron chi connectivity index (χ2n) is 3.42. The molecule has 6 N–H and O–H groups in total. The van der Waals surface area contributed by atoms with Crippen LogP contribution in [0.3, 0.4) is 0 Å². The van der Waals surface area contributed by atoms with Crippen LogP contribution in [0, 0.1) is 0 Å². The van der Waals surface area contributed by atoms with Crippen LogP contribution in [0.25, 0.3) is 0 Å². The van der Waals surface area contributed by atoms with Gasteiger partial charge in [-0.05, 0) is 12.5 Å². The number of hydrogen-bond donors (Lipinski definition) is 5. The predicted molar refractivity (Wildman–Crippen MR) is 51.2 cm³/mol. The Morgan fingerprint density at radius 3 is 2.56 bits per heavy atom. The molecule has 0 unspecified atom stereocenters. The van der Waals surface area contributed by atoms with Crippen molar-refractivity contribution in [2.75, 3.05) is 0 Å². The molecule has 92 valence electrons. The number of carbonyl (C=O) groups is 1. The molecule has 0 fully saturated rings. The summed E-state index contributed by atoms with van der Waals surface area (Å²) in [4.78, 5) is 27.8. The van der Waals surface area contributed by atoms with E-state index >= 15 is 0 Å². The van der Waals surface area contributed by atoms with Crippen LogP contribution in [0.4, 0.5) is 0 Å². The highest BCUT2D eigenvalue weighted by Gasteiger charge is 2.36. The molecule has 0 saturated heterocycles. The fraction of sp³-hybridized carbons (Fsp3) is 0.571. The topological polar surface area (TPSA) is 150 Å². The van der Waals surface area contributed by atoms with Gasteiger partial charge in [0.2, 0.25) is 0 Å². The molecule has 0 aromatic carbocycles. The van der Waals surface area contributed by atoms with Gasteiger partial charge in [0.05, 0.1) is 6.10 Å². The average Bonchev–Trinajstić information content (AvgIpc) is 2.10. The van der Waals surface area contributed by atoms with Gasteiger partial charge in [0.15, 0.2) is 0 Å². The number of rotatable bonds is 3. The summed E-state index contributed by atoms with van der Waals surface area (Å²) in [5.74, 6) is -1.26. The number of phosphoric ester groups is 1. The number of nitrogens with two attached hydrogens (primary N) is 1. The van der Waals surface area contributed by atoms with Crippen molar-refractivity contribution in [3.05, 3.63) is 11.6 Å². The Balaban J connectivity index is 2.92. The van der Waals surface area contributed by atoms with Gasteiger partial charge in [0, 0.05) is 11.6 Å². The first kappa shape index (κ1) is 13.3. The third-order valence-electron chi connectivity index (χ3n) is 2.13. The highest BCUT2D eigenvalue weighted by molar-refractivity contribution is 7.46. The van der Waals surface area contributed by atoms with Crippen molar-refractivity contribution in [3.8, 4) is 0 Å². The van der Waals surface area contributed by atoms with Crippen LogP contribution in [-0.2, 0) is 13.9 Å². The molecule has 1 rings (SSSR count). The monoisotopic (exact) mass is 253 g/mol. The standard InChI is InChI=1S/C7H12NO7P/c8-4-1-3(7(10)11)2-5(6(4)9)15-16(12,13)14/h2,4-6,9H,1,8H2,(H,10,11)(H2,12,13,14)/t4-,5-,6+/m1/s1. The lowest BCUT2D eigenvalue weighted by Crippen LogP contribution is -2.46. The quantitative estimate of drug-likeness (QED) is 0.384. The Morgan fingerprint density at radius 2 is 2.12 bits per heavy atom. The number of carboxylic acids is 1. The summed E-state index contributed by atoms with van der Waals surface area (Å²) >= 11 is 0. The minimum Gasteiger partial charge on any atom is -0.478 e. The first-order chi connectivity index (χ1) is 7.20. The van der Waals surface area contributed by atoms with Crippen molar-refractivity contribution in [3.63, 3.8) is 0 Å². The van der Waals surface area contributed by atoms with Gasteiger partial charge in [-0.2, -0.15) is 0 Å². The van der Waals surface area contributed by atoms with Gasteiger partial charge in [-0.15, -0.1) is 0 Å². The predicted octanol–water partition coefficient (Wildman–Crippen LogP) is -1.43. The molecule has 0 saturated carbocycles. The van der Waals surface area contributed by atoms with Gasteiger partial charge in [-0.3, -0.25) is 4.52 Å². The molecule has 0 aromatic heterocycles. The molecule has 8 nitrogen and oxygen atoms in total. The van der Waals surface area contributed by atoms with E-state index in [-0.39, 0.29) is 12.0 Å². The largest absolute Gasteiger partial charge is 0.478 e. The van der Waals surface area contributed by atoms with Crippen molar-refractivity contribution in [1.29, 1.82) is 0 Å². The molecule has 1 aliphatic carbocycles. The van der Waals surface area contributed by atoms with Gasteiger partial charge in [0.25, 0.3) is 0 Å². The second kappa shape index (κ2) is 4.62. The van der Waals surface area contributed by atoms with E-state index in [1.54, 1.807) is 0 Å². The van der Waals surface area contributed by atoms with Crippen LogP contribution in [0.2, 0.25) is 0 Å². The SMILES string of the molecule is N[C@@H]1CC(C(=O)O)=C[C@@H](OP(=O)(O)O)[C@H]1O. The highest BCUT2D eigenvalue weighted by atomic mass is 31.2. The van der Waals surface area contributed by atoms with E-state index in [0.717, 1.165) is 6.08 Å². The van der Waals surface area contributed by atoms with Gasteiger partial charge >= 0.3 is 13.8 Å². The van der Waals surface area contributed by atoms with Gasteiger partial charge in [-0.1, -0.05) is 0 Å². The number of carboxylic acid groups (broad SMARTS) is 1. The number of phosphoric acid groups is 1. The minimum atomic E-state index is -4.81. The van der Waals surface area contributed by atoms with Gasteiger partial charge in [0.1, 0.15) is 6.10 Å². The normalized spacial score (nSPS) is 31.0. The molecule has 0 heterocycles. The maximum Gasteiger partial charge on any atom is 0.470 e. The zero-order valence-electron chi connectivity index (χ0n) is 8.05. The summed E-state index contributed by atoms with van der Waals surface area (Å²) in [5, 5.41) is 18.2. The summed E-state index contributed by atoms with van der Waals surface area (Å²) < 4.78 is 14.8. The van der Waals surface area contributed by atoms with Crippen LogP contribution in [0.15, 0.2) is 11.6 Å². The zero-order chi connectivity index (χ0) is 12.5. The lowest BCUT2D eigenvalue weighted by Gasteiger charge is -2.30. The van der Waals surface area contributed by atoms with Crippen molar-refractivity contribution in [2.45, 2.75) is 24.7 Å². The Hall–Kier alpha value is -0.760. The fourth-order valence-electron chi connectivity index (χ4n) is 1.39. The molecular weight excluding hydrogens is 241 g/mol. The Morgan fingerprint density at radius 1 is 1.56 bits per heavy atom. The smallest absolute Gasteiger partial charge is 0.470 e. The van der Waals surface area contributed by atoms with E-state index in [1.165, 1.54) is 0 Å². The van der Waals surface area contributed by atoms with Gasteiger partial charge < -0.3 is 25.7 Å². The van der Waals surface area contributed by atoms with Crippen molar-refractivity contribution >= 4 is 13.8 Å². The molecule has 1 aliphatic rings. The molecule has 0 amide bonds. The Kier molecular flexibility index (Phi) is 3.84. The van der Waals surface area contributed by atoms with Crippen LogP contribution in [0.5, 0.6) is 0 Å². The minimum absolute atomic E-state index is 0.0858. The molecule has 9 heteroatoms. The molecule has 0 aliphatic heterocycles. The van der Waals surface area contributed by atoms with Crippen molar-refractivity contribution in [1.82, 2.24) is 0 Å². The van der Waals surface area contributed by atoms with Crippen LogP contribution >= 0.6 is 7.82 Å². The third-order valence-corrected chi connectivity index (χ3v) is 2.65. The zero-order valence-corrected chi connectivity index (χ0v) is 8.95. The molecule has 0 bridgehead atoms. The summed E-state index contributed by atoms with van der Waals surface area (Å²) in [7, 11) is -4.81. The summed E-state index contributed by atoms with van der Waals surface area (Å²) in [6.07, 6.45) is -1.90. The van der Waals surface area contributed by atoms with E-state index in [0.29, 0.717) is 0 Å². The summed E-state index contributed by atoms with van der Waals surface area (Å²) in [6, 6.07) is -0.937. The molecule has 0 radical (unpaired) electrons. The summed E-state index contributed by atoms with van der Waals surface area (Å²) in [5.41, 5.74) is 5.29. The number of hydrogen-bond acceptors (Lipinski definition) is 5. The third kappa shape index (κ3) is 3.38. The van der Waals surface area contributed by atoms with E-state index in [9.17, 15) is 14.5 Å². The van der Waals surface area contributed by atoms with E-state index in [1.807, 2.05) is 0 Å². The maximum absolute atomic E-state index is 10.7. The van der Waals surface area contributed by atoms with E-state index in [4.69, 9.17) is 20.6 Å². The second-order valence-corrected chi connectivity index (χ2v) is 4.61. The number of aliphatic hydroxyl groups excluding tert-OH is 1. The first-order valence-corrected chi connectivity index (χ1v) is 5.85. The number of aliphatic hydroxyl groups is 1. The maximum atomic E-state index is 10.7. The molecular formula is C7H12NO7P. The molecule has 0 aromatic rings. The lowest BCUT2D eigenvalue weighted by molar-refractivity contribution is -0.133. The highest BCUT2D eigenvalue weighted by Crippen LogP contribution is 2.40. The van der Waals surface area contributed by atoms with E-state index < -0.39 is 32.0 Å². The summed E-state index contributed by atoms with van der Waals surface area (Å²) in [6.45, 7) is 0. The lowest BCUT2D eigenvalue weighted by atomic mass is 9.91. The van der Waals surface area contributed by atoms with Gasteiger partial charge in [-0.25, -0.2) is 9.36 Å². The molecule has 0 spiro atoms. The Bertz CT molecular complexity index is 362. The Labute approximate surface area is 90.6 Å². The van der Waals surface area contributed by atoms with Crippen LogP contribution in [-0.4, -0.2) is 44.2 Å². The van der Waals surface area contributed by atoms with Crippen LogP contribution < -0.4 is 5.73 Å². The molecule has 16 heavy (non-hydrogen) atoms. The number of aliphatic carboxylic acids is 1.